The molecule has 0 amide bonds. The zero-order valence-corrected chi connectivity index (χ0v) is 31.0. The quantitative estimate of drug-likeness (QED) is 0.117. The summed E-state index contributed by atoms with van der Waals surface area (Å²) in [6.45, 7) is 0. The molecule has 0 N–H and O–H groups in total. The zero-order chi connectivity index (χ0) is 35.1. The highest BCUT2D eigenvalue weighted by atomic mass is 31.2. The van der Waals surface area contributed by atoms with E-state index in [0.717, 1.165) is 5.56 Å². The van der Waals surface area contributed by atoms with Crippen molar-refractivity contribution in [2.75, 3.05) is 42.7 Å². The second-order valence-corrected chi connectivity index (χ2v) is 16.7. The predicted octanol–water partition coefficient (Wildman–Crippen LogP) is 7.81. The van der Waals surface area contributed by atoms with Crippen LogP contribution < -0.4 is 35.4 Å². The fraction of sp³-hybridized carbons (Fsp3) is 0.190. The third kappa shape index (κ3) is 6.23. The molecule has 0 aromatic heterocycles. The summed E-state index contributed by atoms with van der Waals surface area (Å²) in [5.41, 5.74) is 0.877. The van der Waals surface area contributed by atoms with Crippen LogP contribution in [0.25, 0.3) is 0 Å². The molecule has 1 aliphatic rings. The number of hydrogen-bond acceptors (Lipinski definition) is 6. The maximum absolute atomic E-state index is 6.55. The first kappa shape index (κ1) is 35.1. The van der Waals surface area contributed by atoms with Gasteiger partial charge in [-0.05, 0) is 49.2 Å². The molecule has 5 aromatic carbocycles. The Morgan fingerprint density at radius 2 is 0.880 bits per heavy atom. The Morgan fingerprint density at radius 3 is 1.22 bits per heavy atom. The second-order valence-electron chi connectivity index (χ2n) is 11.5. The van der Waals surface area contributed by atoms with Crippen LogP contribution in [0.15, 0.2) is 157 Å². The lowest BCUT2D eigenvalue weighted by atomic mass is 9.87. The van der Waals surface area contributed by atoms with Gasteiger partial charge < -0.3 is 28.4 Å². The van der Waals surface area contributed by atoms with Gasteiger partial charge in [0.15, 0.2) is 28.8 Å². The molecule has 0 aliphatic heterocycles. The number of hydrogen-bond donors (Lipinski definition) is 0. The molecule has 8 heteroatoms. The average molecular weight is 705 g/mol. The van der Waals surface area contributed by atoms with E-state index >= 15 is 0 Å². The van der Waals surface area contributed by atoms with Gasteiger partial charge >= 0.3 is 0 Å². The minimum atomic E-state index is -1.26. The van der Waals surface area contributed by atoms with Crippen molar-refractivity contribution in [2.45, 2.75) is 10.8 Å². The van der Waals surface area contributed by atoms with Gasteiger partial charge in [-0.3, -0.25) is 0 Å². The first-order valence-corrected chi connectivity index (χ1v) is 18.9. The Hall–Kier alpha value is -4.76. The van der Waals surface area contributed by atoms with Gasteiger partial charge in [0.1, 0.15) is 0 Å². The summed E-state index contributed by atoms with van der Waals surface area (Å²) in [6, 6.07) is 47.2. The van der Waals surface area contributed by atoms with E-state index in [2.05, 4.69) is 133 Å². The van der Waals surface area contributed by atoms with E-state index in [-0.39, 0.29) is 0 Å². The zero-order valence-electron chi connectivity index (χ0n) is 29.2. The van der Waals surface area contributed by atoms with E-state index in [1.54, 1.807) is 42.7 Å². The second kappa shape index (κ2) is 15.9. The van der Waals surface area contributed by atoms with Crippen molar-refractivity contribution in [3.63, 3.8) is 0 Å². The minimum Gasteiger partial charge on any atom is -0.496 e. The van der Waals surface area contributed by atoms with E-state index in [1.165, 1.54) is 21.2 Å². The lowest BCUT2D eigenvalue weighted by molar-refractivity contribution is 0.165. The molecule has 6 rings (SSSR count). The molecule has 256 valence electrons. The summed E-state index contributed by atoms with van der Waals surface area (Å²) >= 11 is 0. The van der Waals surface area contributed by atoms with Gasteiger partial charge in [0, 0.05) is 5.56 Å². The summed E-state index contributed by atoms with van der Waals surface area (Å²) in [5, 5.41) is 4.84. The molecule has 5 aromatic rings. The molecule has 0 unspecified atom stereocenters. The van der Waals surface area contributed by atoms with Crippen molar-refractivity contribution in [1.82, 2.24) is 0 Å². The first-order valence-electron chi connectivity index (χ1n) is 16.3. The van der Waals surface area contributed by atoms with Crippen LogP contribution in [-0.4, -0.2) is 47.6 Å². The smallest absolute Gasteiger partial charge is 0.203 e. The molecular weight excluding hydrogens is 662 g/mol. The molecular formula is C42H42O6P2. The largest absolute Gasteiger partial charge is 0.496 e. The number of allylic oxidation sites excluding steroid dienone is 2. The molecule has 0 radical (unpaired) electrons. The highest BCUT2D eigenvalue weighted by Crippen LogP contribution is 2.75. The van der Waals surface area contributed by atoms with Crippen molar-refractivity contribution in [2.24, 2.45) is 0 Å². The fourth-order valence-electron chi connectivity index (χ4n) is 6.99. The average Bonchev–Trinajstić information content (AvgIpc) is 3.18. The van der Waals surface area contributed by atoms with Gasteiger partial charge in [0.25, 0.3) is 0 Å². The summed E-state index contributed by atoms with van der Waals surface area (Å²) < 4.78 is 37.1. The number of rotatable bonds is 13. The molecule has 0 fully saturated rings. The van der Waals surface area contributed by atoms with Crippen molar-refractivity contribution in [1.29, 1.82) is 0 Å². The predicted molar refractivity (Wildman–Crippen MR) is 206 cm³/mol. The lowest BCUT2D eigenvalue weighted by Crippen LogP contribution is -2.45. The molecule has 50 heavy (non-hydrogen) atoms. The third-order valence-electron chi connectivity index (χ3n) is 8.94. The van der Waals surface area contributed by atoms with Gasteiger partial charge in [0.05, 0.1) is 53.5 Å². The van der Waals surface area contributed by atoms with Crippen LogP contribution in [0.1, 0.15) is 11.5 Å². The van der Waals surface area contributed by atoms with Crippen LogP contribution in [0.3, 0.4) is 0 Å². The minimum absolute atomic E-state index is 0.464. The molecule has 0 saturated heterocycles. The van der Waals surface area contributed by atoms with Crippen molar-refractivity contribution in [3.8, 4) is 17.2 Å². The van der Waals surface area contributed by atoms with Gasteiger partial charge in [-0.2, -0.15) is 0 Å². The van der Waals surface area contributed by atoms with E-state index in [4.69, 9.17) is 28.4 Å². The van der Waals surface area contributed by atoms with E-state index < -0.39 is 26.7 Å². The maximum Gasteiger partial charge on any atom is 0.203 e. The summed E-state index contributed by atoms with van der Waals surface area (Å²) in [6.07, 6.45) is 2.33. The molecule has 1 aliphatic carbocycles. The highest BCUT2D eigenvalue weighted by Gasteiger charge is 2.58. The molecule has 0 saturated carbocycles. The molecule has 1 atom stereocenters. The maximum atomic E-state index is 6.55. The van der Waals surface area contributed by atoms with Gasteiger partial charge in [-0.25, -0.2) is 0 Å². The van der Waals surface area contributed by atoms with E-state index in [0.29, 0.717) is 34.5 Å². The third-order valence-corrected chi connectivity index (χ3v) is 15.6. The topological polar surface area (TPSA) is 55.4 Å². The van der Waals surface area contributed by atoms with Crippen molar-refractivity contribution < 1.29 is 28.4 Å². The summed E-state index contributed by atoms with van der Waals surface area (Å²) in [5.74, 6) is 2.94. The fourth-order valence-corrected chi connectivity index (χ4v) is 14.8. The van der Waals surface area contributed by atoms with Crippen LogP contribution in [0.5, 0.6) is 17.2 Å². The Labute approximate surface area is 297 Å². The van der Waals surface area contributed by atoms with Crippen LogP contribution in [0.4, 0.5) is 0 Å². The molecule has 6 nitrogen and oxygen atoms in total. The number of benzene rings is 5. The van der Waals surface area contributed by atoms with Crippen LogP contribution >= 0.6 is 15.8 Å². The summed E-state index contributed by atoms with van der Waals surface area (Å²) in [7, 11) is 7.48. The van der Waals surface area contributed by atoms with Gasteiger partial charge in [0.2, 0.25) is 5.75 Å². The Kier molecular flexibility index (Phi) is 11.1. The first-order chi connectivity index (χ1) is 24.6. The SMILES string of the molecule is COC1=CC(P(c2ccccc2)c2ccccc2)(P(c2ccccc2)c2ccccc2)[C@@H](c2ccc(OC)c(OC)c2OC)C(OC)=C1OC. The van der Waals surface area contributed by atoms with Crippen LogP contribution in [0.2, 0.25) is 0 Å². The standard InChI is InChI=1S/C42H42O6P2/c1-43-35-28-27-34(38(45-3)39(35)46-4)37-41(48-6)40(47-5)36(44-2)29-42(37,49(30-19-11-7-12-20-30)31-21-13-8-14-22-31)50(32-23-15-9-16-24-32)33-25-17-10-18-26-33/h7-29,37H,1-6H3/t37-/m0/s1. The van der Waals surface area contributed by atoms with Crippen molar-refractivity contribution in [3.05, 3.63) is 162 Å². The Morgan fingerprint density at radius 1 is 0.440 bits per heavy atom. The molecule has 0 spiro atoms. The number of ether oxygens (including phenoxy) is 6. The monoisotopic (exact) mass is 704 g/mol. The van der Waals surface area contributed by atoms with E-state index in [9.17, 15) is 0 Å². The Bertz CT molecular complexity index is 1770. The summed E-state index contributed by atoms with van der Waals surface area (Å²) in [4.78, 5) is -0.748. The van der Waals surface area contributed by atoms with Gasteiger partial charge in [-0.15, -0.1) is 0 Å². The normalized spacial score (nSPS) is 15.4. The van der Waals surface area contributed by atoms with Gasteiger partial charge in [-0.1, -0.05) is 127 Å². The van der Waals surface area contributed by atoms with Crippen molar-refractivity contribution >= 4 is 37.1 Å². The Balaban J connectivity index is 1.89. The van der Waals surface area contributed by atoms with Crippen LogP contribution in [-0.2, 0) is 14.2 Å². The van der Waals surface area contributed by atoms with E-state index in [1.807, 2.05) is 6.07 Å². The molecule has 0 bridgehead atoms. The number of methoxy groups -OCH3 is 6. The lowest BCUT2D eigenvalue weighted by Gasteiger charge is -2.52. The highest BCUT2D eigenvalue weighted by molar-refractivity contribution is 7.91. The molecule has 0 heterocycles. The van der Waals surface area contributed by atoms with Crippen LogP contribution in [0, 0.1) is 0 Å².